The van der Waals surface area contributed by atoms with Gasteiger partial charge in [0.15, 0.2) is 0 Å². The molecular weight excluding hydrogens is 344 g/mol. The first-order chi connectivity index (χ1) is 11.9. The molecule has 2 rings (SSSR count). The van der Waals surface area contributed by atoms with Gasteiger partial charge in [-0.15, -0.1) is 0 Å². The molecule has 0 radical (unpaired) electrons. The molecule has 136 valence electrons. The monoisotopic (exact) mass is 366 g/mol. The number of esters is 1. The van der Waals surface area contributed by atoms with E-state index in [1.165, 1.54) is 38.5 Å². The average molecular weight is 366 g/mol. The molecular formula is C17H22N2O5S. The summed E-state index contributed by atoms with van der Waals surface area (Å²) in [7, 11) is -1.28. The lowest BCUT2D eigenvalue weighted by Crippen LogP contribution is -2.15. The Labute approximate surface area is 148 Å². The minimum Gasteiger partial charge on any atom is -0.480 e. The second-order valence-corrected chi connectivity index (χ2v) is 6.38. The van der Waals surface area contributed by atoms with Gasteiger partial charge in [0.1, 0.15) is 5.69 Å². The zero-order chi connectivity index (χ0) is 19.0. The summed E-state index contributed by atoms with van der Waals surface area (Å²) < 4.78 is 37.0. The molecule has 2 aromatic rings. The van der Waals surface area contributed by atoms with Crippen molar-refractivity contribution in [3.8, 4) is 5.88 Å². The normalized spacial score (nSPS) is 10.3. The molecule has 0 fully saturated rings. The minimum absolute atomic E-state index is 0.0658. The van der Waals surface area contributed by atoms with Crippen LogP contribution in [0.2, 0.25) is 0 Å². The number of carbonyl (C=O) groups excluding carboxylic acids is 1. The molecule has 0 saturated heterocycles. The first-order valence-electron chi connectivity index (χ1n) is 7.59. The van der Waals surface area contributed by atoms with E-state index in [2.05, 4.69) is 14.4 Å². The molecule has 0 amide bonds. The van der Waals surface area contributed by atoms with E-state index in [9.17, 15) is 13.2 Å². The molecule has 0 bridgehead atoms. The third kappa shape index (κ3) is 5.18. The van der Waals surface area contributed by atoms with Crippen LogP contribution in [0.4, 0.5) is 5.69 Å². The van der Waals surface area contributed by atoms with Gasteiger partial charge >= 0.3 is 5.97 Å². The first-order valence-corrected chi connectivity index (χ1v) is 9.07. The Morgan fingerprint density at radius 2 is 1.84 bits per heavy atom. The van der Waals surface area contributed by atoms with Crippen LogP contribution < -0.4 is 9.46 Å². The number of carbonyl (C=O) groups is 1. The fourth-order valence-corrected chi connectivity index (χ4v) is 3.00. The molecule has 1 heterocycles. The zero-order valence-electron chi connectivity index (χ0n) is 14.9. The fourth-order valence-electron chi connectivity index (χ4n) is 1.90. The highest BCUT2D eigenvalue weighted by molar-refractivity contribution is 7.92. The summed E-state index contributed by atoms with van der Waals surface area (Å²) in [5, 5.41) is 0. The minimum atomic E-state index is -3.90. The molecule has 0 saturated carbocycles. The highest BCUT2D eigenvalue weighted by Crippen LogP contribution is 2.25. The van der Waals surface area contributed by atoms with Crippen molar-refractivity contribution in [1.29, 1.82) is 0 Å². The summed E-state index contributed by atoms with van der Waals surface area (Å²) in [5.41, 5.74) is 1.13. The standard InChI is InChI=1S/C15H16N2O5S.C2H6/c1-10-7-13(14(21-2)16-9-10)17-23(19,20)12-6-4-5-11(8-12)15(18)22-3;1-2/h4-9,17H,1-3H3;1-2H3. The molecule has 0 spiro atoms. The third-order valence-electron chi connectivity index (χ3n) is 2.99. The van der Waals surface area contributed by atoms with Crippen LogP contribution in [0, 0.1) is 6.92 Å². The Hall–Kier alpha value is -2.61. The largest absolute Gasteiger partial charge is 0.480 e. The van der Waals surface area contributed by atoms with E-state index in [0.717, 1.165) is 5.56 Å². The number of pyridine rings is 1. The smallest absolute Gasteiger partial charge is 0.337 e. The molecule has 1 aromatic heterocycles. The van der Waals surface area contributed by atoms with Gasteiger partial charge in [-0.1, -0.05) is 19.9 Å². The summed E-state index contributed by atoms with van der Waals surface area (Å²) in [6.07, 6.45) is 1.56. The SMILES string of the molecule is CC.COC(=O)c1cccc(S(=O)(=O)Nc2cc(C)cnc2OC)c1. The molecule has 0 aliphatic rings. The summed E-state index contributed by atoms with van der Waals surface area (Å²) in [4.78, 5) is 15.5. The number of anilines is 1. The van der Waals surface area contributed by atoms with Gasteiger partial charge in [0.2, 0.25) is 5.88 Å². The molecule has 1 N–H and O–H groups in total. The molecule has 0 aliphatic carbocycles. The van der Waals surface area contributed by atoms with Gasteiger partial charge in [0, 0.05) is 6.20 Å². The number of aryl methyl sites for hydroxylation is 1. The number of aromatic nitrogens is 1. The zero-order valence-corrected chi connectivity index (χ0v) is 15.7. The number of rotatable bonds is 5. The van der Waals surface area contributed by atoms with E-state index in [0.29, 0.717) is 0 Å². The topological polar surface area (TPSA) is 94.6 Å². The quantitative estimate of drug-likeness (QED) is 0.818. The predicted octanol–water partition coefficient (Wildman–Crippen LogP) is 3.01. The molecule has 0 atom stereocenters. The maximum atomic E-state index is 12.5. The van der Waals surface area contributed by atoms with E-state index >= 15 is 0 Å². The van der Waals surface area contributed by atoms with E-state index in [1.54, 1.807) is 19.2 Å². The maximum absolute atomic E-state index is 12.5. The number of benzene rings is 1. The van der Waals surface area contributed by atoms with Gasteiger partial charge in [-0.05, 0) is 36.8 Å². The Morgan fingerprint density at radius 1 is 1.16 bits per heavy atom. The van der Waals surface area contributed by atoms with Crippen molar-refractivity contribution in [3.05, 3.63) is 47.7 Å². The first kappa shape index (κ1) is 20.4. The maximum Gasteiger partial charge on any atom is 0.337 e. The summed E-state index contributed by atoms with van der Waals surface area (Å²) in [5.74, 6) is -0.458. The molecule has 25 heavy (non-hydrogen) atoms. The van der Waals surface area contributed by atoms with E-state index in [4.69, 9.17) is 4.74 Å². The lowest BCUT2D eigenvalue weighted by molar-refractivity contribution is 0.0600. The summed E-state index contributed by atoms with van der Waals surface area (Å²) >= 11 is 0. The number of hydrogen-bond acceptors (Lipinski definition) is 6. The molecule has 0 unspecified atom stereocenters. The Bertz CT molecular complexity index is 835. The van der Waals surface area contributed by atoms with Gasteiger partial charge in [0.05, 0.1) is 24.7 Å². The molecule has 0 aliphatic heterocycles. The third-order valence-corrected chi connectivity index (χ3v) is 4.35. The molecule has 1 aromatic carbocycles. The molecule has 8 heteroatoms. The number of nitrogens with one attached hydrogen (secondary N) is 1. The van der Waals surface area contributed by atoms with Crippen LogP contribution in [0.5, 0.6) is 5.88 Å². The van der Waals surface area contributed by atoms with Crippen LogP contribution in [0.1, 0.15) is 29.8 Å². The van der Waals surface area contributed by atoms with Crippen molar-refractivity contribution < 1.29 is 22.7 Å². The second kappa shape index (κ2) is 9.03. The Balaban J connectivity index is 0.00000151. The van der Waals surface area contributed by atoms with Crippen LogP contribution in [0.25, 0.3) is 0 Å². The number of hydrogen-bond donors (Lipinski definition) is 1. The summed E-state index contributed by atoms with van der Waals surface area (Å²) in [6.45, 7) is 5.78. The lowest BCUT2D eigenvalue weighted by atomic mass is 10.2. The number of methoxy groups -OCH3 is 2. The van der Waals surface area contributed by atoms with Crippen LogP contribution in [0.3, 0.4) is 0 Å². The van der Waals surface area contributed by atoms with Crippen molar-refractivity contribution in [2.75, 3.05) is 18.9 Å². The Kier molecular flexibility index (Phi) is 7.38. The van der Waals surface area contributed by atoms with Gasteiger partial charge in [-0.3, -0.25) is 4.72 Å². The highest BCUT2D eigenvalue weighted by Gasteiger charge is 2.19. The number of ether oxygens (including phenoxy) is 2. The van der Waals surface area contributed by atoms with Crippen molar-refractivity contribution in [2.24, 2.45) is 0 Å². The van der Waals surface area contributed by atoms with Gasteiger partial charge < -0.3 is 9.47 Å². The van der Waals surface area contributed by atoms with Gasteiger partial charge in [-0.25, -0.2) is 18.2 Å². The van der Waals surface area contributed by atoms with Crippen LogP contribution in [-0.2, 0) is 14.8 Å². The fraction of sp³-hybridized carbons (Fsp3) is 0.294. The number of nitrogens with zero attached hydrogens (tertiary/aromatic N) is 1. The second-order valence-electron chi connectivity index (χ2n) is 4.69. The predicted molar refractivity (Wildman–Crippen MR) is 95.5 cm³/mol. The van der Waals surface area contributed by atoms with E-state index in [-0.39, 0.29) is 22.0 Å². The average Bonchev–Trinajstić information content (AvgIpc) is 2.62. The van der Waals surface area contributed by atoms with E-state index < -0.39 is 16.0 Å². The van der Waals surface area contributed by atoms with Crippen LogP contribution >= 0.6 is 0 Å². The van der Waals surface area contributed by atoms with Gasteiger partial charge in [-0.2, -0.15) is 0 Å². The van der Waals surface area contributed by atoms with Crippen LogP contribution in [-0.4, -0.2) is 33.6 Å². The van der Waals surface area contributed by atoms with Crippen molar-refractivity contribution >= 4 is 21.7 Å². The van der Waals surface area contributed by atoms with E-state index in [1.807, 2.05) is 13.8 Å². The summed E-state index contributed by atoms with van der Waals surface area (Å²) in [6, 6.07) is 7.16. The van der Waals surface area contributed by atoms with Crippen molar-refractivity contribution in [2.45, 2.75) is 25.7 Å². The molecule has 7 nitrogen and oxygen atoms in total. The van der Waals surface area contributed by atoms with Crippen molar-refractivity contribution in [1.82, 2.24) is 4.98 Å². The van der Waals surface area contributed by atoms with Gasteiger partial charge in [0.25, 0.3) is 10.0 Å². The lowest BCUT2D eigenvalue weighted by Gasteiger charge is -2.12. The number of sulfonamides is 1. The van der Waals surface area contributed by atoms with Crippen LogP contribution in [0.15, 0.2) is 41.4 Å². The van der Waals surface area contributed by atoms with Crippen molar-refractivity contribution in [3.63, 3.8) is 0 Å². The Morgan fingerprint density at radius 3 is 2.44 bits per heavy atom. The highest BCUT2D eigenvalue weighted by atomic mass is 32.2.